The van der Waals surface area contributed by atoms with Crippen LogP contribution in [0.15, 0.2) is 24.3 Å². The van der Waals surface area contributed by atoms with E-state index in [0.29, 0.717) is 6.04 Å². The van der Waals surface area contributed by atoms with Crippen molar-refractivity contribution in [3.05, 3.63) is 24.3 Å². The van der Waals surface area contributed by atoms with Crippen LogP contribution in [-0.4, -0.2) is 29.0 Å². The Balaban J connectivity index is 1.59. The Bertz CT molecular complexity index is 552. The normalized spacial score (nSPS) is 17.2. The van der Waals surface area contributed by atoms with Gasteiger partial charge in [0, 0.05) is 31.4 Å². The van der Waals surface area contributed by atoms with E-state index in [9.17, 15) is 4.79 Å². The fourth-order valence-electron chi connectivity index (χ4n) is 3.08. The van der Waals surface area contributed by atoms with E-state index >= 15 is 0 Å². The number of carbonyl (C=O) groups excluding carboxylic acids is 1. The number of carbonyl (C=O) groups is 1. The molecule has 1 aromatic carbocycles. The third-order valence-corrected chi connectivity index (χ3v) is 4.82. The van der Waals surface area contributed by atoms with Gasteiger partial charge in [0.1, 0.15) is 0 Å². The molecule has 2 saturated carbocycles. The maximum atomic E-state index is 11.0. The summed E-state index contributed by atoms with van der Waals surface area (Å²) in [6.45, 7) is 1.51. The van der Waals surface area contributed by atoms with Gasteiger partial charge in [-0.2, -0.15) is 0 Å². The maximum absolute atomic E-state index is 11.0. The van der Waals surface area contributed by atoms with Gasteiger partial charge in [-0.25, -0.2) is 0 Å². The second-order valence-electron chi connectivity index (χ2n) is 6.47. The van der Waals surface area contributed by atoms with Crippen LogP contribution in [0.1, 0.15) is 32.6 Å². The number of anilines is 2. The van der Waals surface area contributed by atoms with Crippen molar-refractivity contribution in [1.82, 2.24) is 4.90 Å². The number of thiocarbonyl (C=S) groups is 1. The average Bonchev–Trinajstić information content (AvgIpc) is 3.34. The topological polar surface area (TPSA) is 44.4 Å². The van der Waals surface area contributed by atoms with Crippen LogP contribution in [0.25, 0.3) is 0 Å². The largest absolute Gasteiger partial charge is 0.349 e. The summed E-state index contributed by atoms with van der Waals surface area (Å²) in [5.41, 5.74) is 1.75. The van der Waals surface area contributed by atoms with E-state index in [2.05, 4.69) is 22.6 Å². The van der Waals surface area contributed by atoms with E-state index in [4.69, 9.17) is 12.2 Å². The molecule has 0 radical (unpaired) electrons. The fourth-order valence-corrected chi connectivity index (χ4v) is 3.32. The summed E-state index contributed by atoms with van der Waals surface area (Å²) in [4.78, 5) is 13.3. The molecule has 0 unspecified atom stereocenters. The predicted molar refractivity (Wildman–Crippen MR) is 94.0 cm³/mol. The minimum absolute atomic E-state index is 0.0623. The monoisotopic (exact) mass is 317 g/mol. The number of rotatable bonds is 5. The van der Waals surface area contributed by atoms with Gasteiger partial charge in [-0.3, -0.25) is 4.79 Å². The fraction of sp³-hybridized carbons (Fsp3) is 0.529. The van der Waals surface area contributed by atoms with Crippen LogP contribution < -0.4 is 10.6 Å². The smallest absolute Gasteiger partial charge is 0.221 e. The Morgan fingerprint density at radius 2 is 1.55 bits per heavy atom. The SMILES string of the molecule is CC(=O)Nc1ccc(NC(=S)N(C)C(C2CC2)C2CC2)cc1. The summed E-state index contributed by atoms with van der Waals surface area (Å²) in [6.07, 6.45) is 5.39. The second kappa shape index (κ2) is 6.24. The highest BCUT2D eigenvalue weighted by Crippen LogP contribution is 2.46. The van der Waals surface area contributed by atoms with Crippen LogP contribution in [0.2, 0.25) is 0 Å². The third-order valence-electron chi connectivity index (χ3n) is 4.43. The first kappa shape index (κ1) is 15.3. The lowest BCUT2D eigenvalue weighted by atomic mass is 10.1. The summed E-state index contributed by atoms with van der Waals surface area (Å²) < 4.78 is 0. The van der Waals surface area contributed by atoms with E-state index in [1.54, 1.807) is 0 Å². The Labute approximate surface area is 137 Å². The molecule has 0 aliphatic heterocycles. The number of hydrogen-bond donors (Lipinski definition) is 2. The van der Waals surface area contributed by atoms with Crippen LogP contribution in [-0.2, 0) is 4.79 Å². The van der Waals surface area contributed by atoms with Crippen molar-refractivity contribution in [2.24, 2.45) is 11.8 Å². The average molecular weight is 317 g/mol. The zero-order chi connectivity index (χ0) is 15.7. The molecule has 5 heteroatoms. The quantitative estimate of drug-likeness (QED) is 0.816. The molecule has 1 aromatic rings. The van der Waals surface area contributed by atoms with Gasteiger partial charge in [-0.05, 0) is 74.0 Å². The second-order valence-corrected chi connectivity index (χ2v) is 6.85. The highest BCUT2D eigenvalue weighted by Gasteiger charge is 2.44. The van der Waals surface area contributed by atoms with Crippen LogP contribution in [0.3, 0.4) is 0 Å². The minimum Gasteiger partial charge on any atom is -0.349 e. The molecule has 2 aliphatic carbocycles. The van der Waals surface area contributed by atoms with Crippen molar-refractivity contribution < 1.29 is 4.79 Å². The van der Waals surface area contributed by atoms with Crippen molar-refractivity contribution >= 4 is 34.6 Å². The van der Waals surface area contributed by atoms with Crippen molar-refractivity contribution in [1.29, 1.82) is 0 Å². The standard InChI is InChI=1S/C17H23N3OS/c1-11(21)18-14-7-9-15(10-8-14)19-17(22)20(2)16(12-3-4-12)13-5-6-13/h7-10,12-13,16H,3-6H2,1-2H3,(H,18,21)(H,19,22). The van der Waals surface area contributed by atoms with Crippen LogP contribution >= 0.6 is 12.2 Å². The van der Waals surface area contributed by atoms with Crippen molar-refractivity contribution in [2.75, 3.05) is 17.7 Å². The lowest BCUT2D eigenvalue weighted by molar-refractivity contribution is -0.114. The summed E-state index contributed by atoms with van der Waals surface area (Å²) in [5, 5.41) is 6.86. The van der Waals surface area contributed by atoms with Crippen LogP contribution in [0, 0.1) is 11.8 Å². The number of hydrogen-bond acceptors (Lipinski definition) is 2. The molecule has 4 nitrogen and oxygen atoms in total. The minimum atomic E-state index is -0.0623. The molecule has 2 aliphatic rings. The van der Waals surface area contributed by atoms with E-state index in [0.717, 1.165) is 28.3 Å². The van der Waals surface area contributed by atoms with E-state index in [1.807, 2.05) is 24.3 Å². The lowest BCUT2D eigenvalue weighted by Crippen LogP contribution is -2.42. The van der Waals surface area contributed by atoms with Crippen molar-refractivity contribution in [3.8, 4) is 0 Å². The van der Waals surface area contributed by atoms with Gasteiger partial charge >= 0.3 is 0 Å². The molecule has 2 N–H and O–H groups in total. The van der Waals surface area contributed by atoms with Gasteiger partial charge < -0.3 is 15.5 Å². The molecule has 0 spiro atoms. The summed E-state index contributed by atoms with van der Waals surface area (Å²) in [6, 6.07) is 8.25. The van der Waals surface area contributed by atoms with Crippen LogP contribution in [0.5, 0.6) is 0 Å². The number of nitrogens with one attached hydrogen (secondary N) is 2. The van der Waals surface area contributed by atoms with Crippen LogP contribution in [0.4, 0.5) is 11.4 Å². The zero-order valence-corrected chi connectivity index (χ0v) is 14.0. The Hall–Kier alpha value is -1.62. The van der Waals surface area contributed by atoms with Gasteiger partial charge in [0.05, 0.1) is 0 Å². The maximum Gasteiger partial charge on any atom is 0.221 e. The number of amides is 1. The molecule has 22 heavy (non-hydrogen) atoms. The zero-order valence-electron chi connectivity index (χ0n) is 13.1. The van der Waals surface area contributed by atoms with Crippen molar-refractivity contribution in [3.63, 3.8) is 0 Å². The van der Waals surface area contributed by atoms with E-state index in [1.165, 1.54) is 32.6 Å². The highest BCUT2D eigenvalue weighted by molar-refractivity contribution is 7.80. The predicted octanol–water partition coefficient (Wildman–Crippen LogP) is 3.46. The first-order chi connectivity index (χ1) is 10.5. The summed E-state index contributed by atoms with van der Waals surface area (Å²) in [5.74, 6) is 1.60. The Morgan fingerprint density at radius 3 is 1.95 bits per heavy atom. The molecular weight excluding hydrogens is 294 g/mol. The highest BCUT2D eigenvalue weighted by atomic mass is 32.1. The first-order valence-electron chi connectivity index (χ1n) is 7.96. The van der Waals surface area contributed by atoms with Gasteiger partial charge in [0.2, 0.25) is 5.91 Å². The molecule has 0 heterocycles. The Kier molecular flexibility index (Phi) is 4.34. The summed E-state index contributed by atoms with van der Waals surface area (Å²) >= 11 is 5.58. The molecule has 1 amide bonds. The number of nitrogens with zero attached hydrogens (tertiary/aromatic N) is 1. The summed E-state index contributed by atoms with van der Waals surface area (Å²) in [7, 11) is 2.11. The van der Waals surface area contributed by atoms with E-state index in [-0.39, 0.29) is 5.91 Å². The van der Waals surface area contributed by atoms with Gasteiger partial charge in [-0.1, -0.05) is 0 Å². The van der Waals surface area contributed by atoms with E-state index < -0.39 is 0 Å². The van der Waals surface area contributed by atoms with Gasteiger partial charge in [-0.15, -0.1) is 0 Å². The van der Waals surface area contributed by atoms with Crippen molar-refractivity contribution in [2.45, 2.75) is 38.6 Å². The molecule has 0 aromatic heterocycles. The lowest BCUT2D eigenvalue weighted by Gasteiger charge is -2.31. The van der Waals surface area contributed by atoms with Gasteiger partial charge in [0.25, 0.3) is 0 Å². The Morgan fingerprint density at radius 1 is 1.09 bits per heavy atom. The molecule has 0 atom stereocenters. The number of benzene rings is 1. The third kappa shape index (κ3) is 3.77. The molecule has 3 rings (SSSR count). The first-order valence-corrected chi connectivity index (χ1v) is 8.37. The molecular formula is C17H23N3OS. The van der Waals surface area contributed by atoms with Gasteiger partial charge in [0.15, 0.2) is 5.11 Å². The molecule has 0 bridgehead atoms. The molecule has 0 saturated heterocycles. The molecule has 118 valence electrons. The molecule has 2 fully saturated rings.